The Morgan fingerprint density at radius 3 is 2.42 bits per heavy atom. The smallest absolute Gasteiger partial charge is 0.212 e. The van der Waals surface area contributed by atoms with E-state index in [-0.39, 0.29) is 11.6 Å². The summed E-state index contributed by atoms with van der Waals surface area (Å²) in [4.78, 5) is 0. The van der Waals surface area contributed by atoms with Gasteiger partial charge in [0.2, 0.25) is 10.0 Å². The summed E-state index contributed by atoms with van der Waals surface area (Å²) in [5.74, 6) is -0.206. The Bertz CT molecular complexity index is 460. The highest BCUT2D eigenvalue weighted by Crippen LogP contribution is 2.02. The molecule has 108 valence electrons. The van der Waals surface area contributed by atoms with Gasteiger partial charge in [0.25, 0.3) is 0 Å². The maximum Gasteiger partial charge on any atom is 0.212 e. The highest BCUT2D eigenvalue weighted by atomic mass is 32.2. The zero-order valence-electron chi connectivity index (χ0n) is 11.2. The third-order valence-corrected chi connectivity index (χ3v) is 4.01. The van der Waals surface area contributed by atoms with E-state index in [1.807, 2.05) is 6.92 Å². The van der Waals surface area contributed by atoms with Crippen molar-refractivity contribution in [3.05, 3.63) is 35.6 Å². The lowest BCUT2D eigenvalue weighted by atomic mass is 10.1. The van der Waals surface area contributed by atoms with Crippen LogP contribution in [0.15, 0.2) is 24.3 Å². The number of hydrogen-bond donors (Lipinski definition) is 2. The SMILES string of the molecule is CCCNCCS(=O)(=O)NCCc1ccc(F)cc1. The van der Waals surface area contributed by atoms with Crippen molar-refractivity contribution in [2.75, 3.05) is 25.4 Å². The average Bonchev–Trinajstić information content (AvgIpc) is 2.37. The molecule has 0 amide bonds. The number of benzene rings is 1. The lowest BCUT2D eigenvalue weighted by molar-refractivity contribution is 0.576. The molecular weight excluding hydrogens is 267 g/mol. The second-order valence-electron chi connectivity index (χ2n) is 4.34. The summed E-state index contributed by atoms with van der Waals surface area (Å²) in [5, 5.41) is 3.04. The van der Waals surface area contributed by atoms with Crippen molar-refractivity contribution in [1.82, 2.24) is 10.0 Å². The van der Waals surface area contributed by atoms with Crippen LogP contribution in [0.4, 0.5) is 4.39 Å². The molecule has 0 bridgehead atoms. The van der Waals surface area contributed by atoms with E-state index in [2.05, 4.69) is 10.0 Å². The van der Waals surface area contributed by atoms with Gasteiger partial charge in [-0.15, -0.1) is 0 Å². The number of nitrogens with one attached hydrogen (secondary N) is 2. The molecule has 0 aliphatic rings. The van der Waals surface area contributed by atoms with Crippen LogP contribution in [0.5, 0.6) is 0 Å². The summed E-state index contributed by atoms with van der Waals surface area (Å²) in [5.41, 5.74) is 0.910. The summed E-state index contributed by atoms with van der Waals surface area (Å²) in [7, 11) is -3.23. The lowest BCUT2D eigenvalue weighted by Crippen LogP contribution is -2.33. The predicted octanol–water partition coefficient (Wildman–Crippen LogP) is 1.29. The molecule has 0 saturated heterocycles. The van der Waals surface area contributed by atoms with E-state index in [9.17, 15) is 12.8 Å². The van der Waals surface area contributed by atoms with Crippen LogP contribution in [0.2, 0.25) is 0 Å². The van der Waals surface area contributed by atoms with E-state index in [0.717, 1.165) is 18.5 Å². The second kappa shape index (κ2) is 8.24. The Hall–Kier alpha value is -0.980. The van der Waals surface area contributed by atoms with Gasteiger partial charge >= 0.3 is 0 Å². The quantitative estimate of drug-likeness (QED) is 0.673. The third-order valence-electron chi connectivity index (χ3n) is 2.62. The molecule has 0 fully saturated rings. The zero-order chi connectivity index (χ0) is 14.1. The van der Waals surface area contributed by atoms with Crippen LogP contribution in [0, 0.1) is 5.82 Å². The topological polar surface area (TPSA) is 58.2 Å². The summed E-state index contributed by atoms with van der Waals surface area (Å²) in [6.07, 6.45) is 1.54. The lowest BCUT2D eigenvalue weighted by Gasteiger charge is -2.07. The Kier molecular flexibility index (Phi) is 6.97. The van der Waals surface area contributed by atoms with Crippen molar-refractivity contribution >= 4 is 10.0 Å². The number of sulfonamides is 1. The Morgan fingerprint density at radius 2 is 1.79 bits per heavy atom. The molecule has 0 aliphatic carbocycles. The van der Waals surface area contributed by atoms with Crippen LogP contribution in [0.3, 0.4) is 0 Å². The van der Waals surface area contributed by atoms with Gasteiger partial charge in [-0.25, -0.2) is 17.5 Å². The monoisotopic (exact) mass is 288 g/mol. The predicted molar refractivity (Wildman–Crippen MR) is 75.1 cm³/mol. The first kappa shape index (κ1) is 16.1. The van der Waals surface area contributed by atoms with E-state index in [1.165, 1.54) is 12.1 Å². The first-order valence-electron chi connectivity index (χ1n) is 6.46. The Balaban J connectivity index is 2.25. The van der Waals surface area contributed by atoms with Crippen molar-refractivity contribution in [3.8, 4) is 0 Å². The highest BCUT2D eigenvalue weighted by molar-refractivity contribution is 7.89. The maximum atomic E-state index is 12.7. The number of halogens is 1. The average molecular weight is 288 g/mol. The van der Waals surface area contributed by atoms with Crippen molar-refractivity contribution < 1.29 is 12.8 Å². The molecule has 0 aromatic heterocycles. The van der Waals surface area contributed by atoms with Gasteiger partial charge in [0.05, 0.1) is 5.75 Å². The van der Waals surface area contributed by atoms with Crippen molar-refractivity contribution in [3.63, 3.8) is 0 Å². The molecule has 0 aliphatic heterocycles. The fourth-order valence-corrected chi connectivity index (χ4v) is 2.55. The van der Waals surface area contributed by atoms with Gasteiger partial charge in [-0.2, -0.15) is 0 Å². The molecule has 6 heteroatoms. The first-order valence-corrected chi connectivity index (χ1v) is 8.11. The van der Waals surface area contributed by atoms with Crippen LogP contribution >= 0.6 is 0 Å². The molecule has 1 rings (SSSR count). The first-order chi connectivity index (χ1) is 9.03. The molecular formula is C13H21FN2O2S. The largest absolute Gasteiger partial charge is 0.316 e. The van der Waals surface area contributed by atoms with E-state index in [1.54, 1.807) is 12.1 Å². The summed E-state index contributed by atoms with van der Waals surface area (Å²) in [6.45, 7) is 3.65. The van der Waals surface area contributed by atoms with Crippen LogP contribution in [-0.2, 0) is 16.4 Å². The summed E-state index contributed by atoms with van der Waals surface area (Å²) in [6, 6.07) is 6.07. The molecule has 0 spiro atoms. The van der Waals surface area contributed by atoms with Crippen LogP contribution in [0.25, 0.3) is 0 Å². The Labute approximate surface area is 114 Å². The molecule has 1 aromatic carbocycles. The number of rotatable bonds is 9. The molecule has 19 heavy (non-hydrogen) atoms. The van der Waals surface area contributed by atoms with Crippen molar-refractivity contribution in [2.24, 2.45) is 0 Å². The van der Waals surface area contributed by atoms with Gasteiger partial charge in [0, 0.05) is 13.1 Å². The van der Waals surface area contributed by atoms with Gasteiger partial charge < -0.3 is 5.32 Å². The zero-order valence-corrected chi connectivity index (χ0v) is 12.0. The minimum atomic E-state index is -3.23. The van der Waals surface area contributed by atoms with Crippen LogP contribution in [0.1, 0.15) is 18.9 Å². The number of hydrogen-bond acceptors (Lipinski definition) is 3. The van der Waals surface area contributed by atoms with Crippen LogP contribution in [-0.4, -0.2) is 33.8 Å². The van der Waals surface area contributed by atoms with Gasteiger partial charge in [0.15, 0.2) is 0 Å². The fraction of sp³-hybridized carbons (Fsp3) is 0.538. The van der Waals surface area contributed by atoms with Gasteiger partial charge in [0.1, 0.15) is 5.82 Å². The minimum Gasteiger partial charge on any atom is -0.316 e. The third kappa shape index (κ3) is 7.25. The fourth-order valence-electron chi connectivity index (χ4n) is 1.58. The molecule has 0 radical (unpaired) electrons. The van der Waals surface area contributed by atoms with Crippen LogP contribution < -0.4 is 10.0 Å². The van der Waals surface area contributed by atoms with E-state index < -0.39 is 10.0 Å². The van der Waals surface area contributed by atoms with Gasteiger partial charge in [-0.3, -0.25) is 0 Å². The molecule has 4 nitrogen and oxygen atoms in total. The van der Waals surface area contributed by atoms with E-state index in [4.69, 9.17) is 0 Å². The maximum absolute atomic E-state index is 12.7. The van der Waals surface area contributed by atoms with Crippen molar-refractivity contribution in [2.45, 2.75) is 19.8 Å². The van der Waals surface area contributed by atoms with Crippen molar-refractivity contribution in [1.29, 1.82) is 0 Å². The second-order valence-corrected chi connectivity index (χ2v) is 6.27. The molecule has 0 heterocycles. The Morgan fingerprint density at radius 1 is 1.11 bits per heavy atom. The van der Waals surface area contributed by atoms with Gasteiger partial charge in [-0.1, -0.05) is 19.1 Å². The summed E-state index contributed by atoms with van der Waals surface area (Å²) >= 11 is 0. The highest BCUT2D eigenvalue weighted by Gasteiger charge is 2.08. The van der Waals surface area contributed by atoms with E-state index in [0.29, 0.717) is 19.5 Å². The molecule has 1 aromatic rings. The summed E-state index contributed by atoms with van der Waals surface area (Å²) < 4.78 is 38.5. The molecule has 2 N–H and O–H groups in total. The molecule has 0 atom stereocenters. The molecule has 0 saturated carbocycles. The minimum absolute atomic E-state index is 0.0798. The molecule has 0 unspecified atom stereocenters. The van der Waals surface area contributed by atoms with Gasteiger partial charge in [-0.05, 0) is 37.1 Å². The standard InChI is InChI=1S/C13H21FN2O2S/c1-2-8-15-10-11-19(17,18)16-9-7-12-3-5-13(14)6-4-12/h3-6,15-16H,2,7-11H2,1H3. The normalized spacial score (nSPS) is 11.7. The van der Waals surface area contributed by atoms with E-state index >= 15 is 0 Å².